The number of nitrogens with two attached hydrogens (primary N) is 2. The van der Waals surface area contributed by atoms with Gasteiger partial charge in [-0.2, -0.15) is 0 Å². The van der Waals surface area contributed by atoms with Crippen molar-refractivity contribution in [2.45, 2.75) is 19.3 Å². The smallest absolute Gasteiger partial charge is 0.226 e. The van der Waals surface area contributed by atoms with Crippen molar-refractivity contribution in [2.24, 2.45) is 17.0 Å². The van der Waals surface area contributed by atoms with E-state index in [1.807, 2.05) is 60.7 Å². The molecule has 1 fully saturated rings. The molecular weight excluding hydrogens is 378 g/mol. The van der Waals surface area contributed by atoms with Gasteiger partial charge in [-0.25, -0.2) is 5.84 Å². The van der Waals surface area contributed by atoms with Gasteiger partial charge in [-0.15, -0.1) is 0 Å². The van der Waals surface area contributed by atoms with Crippen LogP contribution in [0.1, 0.15) is 24.8 Å². The number of anilines is 1. The van der Waals surface area contributed by atoms with Gasteiger partial charge in [-0.1, -0.05) is 54.6 Å². The van der Waals surface area contributed by atoms with Crippen LogP contribution in [0.5, 0.6) is 0 Å². The number of allylic oxidation sites excluding steroid dienone is 1. The van der Waals surface area contributed by atoms with E-state index in [9.17, 15) is 4.79 Å². The molecule has 0 atom stereocenters. The molecule has 0 bridgehead atoms. The standard InChI is InChI=1S/C22H28N4O.CH3NO/c1-24-21(27)22(14-16-25-17-15-22)13-12-20(18-8-4-2-5-9-18)26(23)19-10-6-3-7-11-19;2-1-3/h2-12,25H,13-17,23H2,1H3,(H,24,27);1H,(H2,2,3)/b20-12-;. The number of hydrogen-bond acceptors (Lipinski definition) is 5. The van der Waals surface area contributed by atoms with Crippen molar-refractivity contribution in [3.05, 3.63) is 72.3 Å². The zero-order chi connectivity index (χ0) is 21.8. The van der Waals surface area contributed by atoms with Crippen molar-refractivity contribution in [2.75, 3.05) is 25.1 Å². The second-order valence-corrected chi connectivity index (χ2v) is 7.11. The molecule has 0 aliphatic carbocycles. The molecule has 1 heterocycles. The SMILES string of the molecule is CNC(=O)C1(C/C=C(/c2ccccc2)N(N)c2ccccc2)CCNCC1.NC=O. The van der Waals surface area contributed by atoms with E-state index in [0.29, 0.717) is 6.42 Å². The molecule has 6 N–H and O–H groups in total. The maximum atomic E-state index is 12.7. The van der Waals surface area contributed by atoms with E-state index in [1.165, 1.54) is 0 Å². The molecule has 0 aromatic heterocycles. The molecule has 1 aliphatic rings. The summed E-state index contributed by atoms with van der Waals surface area (Å²) in [5, 5.41) is 7.91. The average Bonchev–Trinajstić information content (AvgIpc) is 2.81. The minimum absolute atomic E-state index is 0.107. The third-order valence-electron chi connectivity index (χ3n) is 5.32. The lowest BCUT2D eigenvalue weighted by molar-refractivity contribution is -0.131. The average molecular weight is 410 g/mol. The first-order valence-corrected chi connectivity index (χ1v) is 10.0. The third kappa shape index (κ3) is 5.92. The highest BCUT2D eigenvalue weighted by atomic mass is 16.2. The van der Waals surface area contributed by atoms with Crippen molar-refractivity contribution in [1.29, 1.82) is 0 Å². The van der Waals surface area contributed by atoms with Crippen molar-refractivity contribution < 1.29 is 9.59 Å². The topological polar surface area (TPSA) is 113 Å². The first-order valence-electron chi connectivity index (χ1n) is 10.0. The number of benzene rings is 2. The van der Waals surface area contributed by atoms with Crippen molar-refractivity contribution in [3.8, 4) is 0 Å². The number of hydrogen-bond donors (Lipinski definition) is 4. The van der Waals surface area contributed by atoms with Crippen LogP contribution >= 0.6 is 0 Å². The highest BCUT2D eigenvalue weighted by Gasteiger charge is 2.38. The first-order chi connectivity index (χ1) is 14.6. The van der Waals surface area contributed by atoms with Crippen LogP contribution in [0.25, 0.3) is 5.70 Å². The van der Waals surface area contributed by atoms with Gasteiger partial charge in [0.1, 0.15) is 0 Å². The number of piperidine rings is 1. The third-order valence-corrected chi connectivity index (χ3v) is 5.32. The van der Waals surface area contributed by atoms with Gasteiger partial charge in [0.25, 0.3) is 0 Å². The van der Waals surface area contributed by atoms with E-state index in [0.717, 1.165) is 42.9 Å². The second kappa shape index (κ2) is 11.7. The molecule has 0 radical (unpaired) electrons. The van der Waals surface area contributed by atoms with Crippen LogP contribution in [0.4, 0.5) is 5.69 Å². The molecule has 2 aromatic rings. The number of carbonyl (C=O) groups excluding carboxylic acids is 2. The summed E-state index contributed by atoms with van der Waals surface area (Å²) in [4.78, 5) is 21.2. The maximum absolute atomic E-state index is 12.7. The Labute approximate surface area is 178 Å². The molecule has 2 amide bonds. The summed E-state index contributed by atoms with van der Waals surface area (Å²) in [7, 11) is 1.72. The van der Waals surface area contributed by atoms with Crippen LogP contribution in [0.15, 0.2) is 66.7 Å². The van der Waals surface area contributed by atoms with E-state index in [4.69, 9.17) is 10.6 Å². The van der Waals surface area contributed by atoms with Crippen LogP contribution in [-0.2, 0) is 9.59 Å². The van der Waals surface area contributed by atoms with Gasteiger partial charge in [0.2, 0.25) is 12.3 Å². The first kappa shape index (κ1) is 23.1. The van der Waals surface area contributed by atoms with Gasteiger partial charge in [0.15, 0.2) is 0 Å². The minimum atomic E-state index is -0.391. The van der Waals surface area contributed by atoms with Gasteiger partial charge < -0.3 is 16.4 Å². The Kier molecular flexibility index (Phi) is 9.05. The summed E-state index contributed by atoms with van der Waals surface area (Å²) >= 11 is 0. The molecule has 160 valence electrons. The van der Waals surface area contributed by atoms with Crippen molar-refractivity contribution in [3.63, 3.8) is 0 Å². The summed E-state index contributed by atoms with van der Waals surface area (Å²) < 4.78 is 0. The number of rotatable bonds is 6. The fourth-order valence-electron chi connectivity index (χ4n) is 3.68. The molecule has 7 nitrogen and oxygen atoms in total. The predicted molar refractivity (Wildman–Crippen MR) is 121 cm³/mol. The molecule has 0 saturated carbocycles. The zero-order valence-electron chi connectivity index (χ0n) is 17.4. The Bertz CT molecular complexity index is 818. The normalized spacial score (nSPS) is 15.3. The summed E-state index contributed by atoms with van der Waals surface area (Å²) in [6, 6.07) is 20.0. The molecule has 1 aliphatic heterocycles. The molecule has 2 aromatic carbocycles. The molecular formula is C23H31N5O2. The van der Waals surface area contributed by atoms with E-state index in [2.05, 4.69) is 22.4 Å². The summed E-state index contributed by atoms with van der Waals surface area (Å²) in [5.41, 5.74) is 6.62. The van der Waals surface area contributed by atoms with Gasteiger partial charge in [-0.3, -0.25) is 14.6 Å². The van der Waals surface area contributed by atoms with Crippen LogP contribution in [0.3, 0.4) is 0 Å². The van der Waals surface area contributed by atoms with Crippen LogP contribution in [0, 0.1) is 5.41 Å². The fraction of sp³-hybridized carbons (Fsp3) is 0.304. The van der Waals surface area contributed by atoms with E-state index >= 15 is 0 Å². The Morgan fingerprint density at radius 2 is 1.63 bits per heavy atom. The summed E-state index contributed by atoms with van der Waals surface area (Å²) in [6.45, 7) is 1.71. The lowest BCUT2D eigenvalue weighted by Gasteiger charge is -2.35. The molecule has 7 heteroatoms. The largest absolute Gasteiger partial charge is 0.372 e. The fourth-order valence-corrected chi connectivity index (χ4v) is 3.68. The maximum Gasteiger partial charge on any atom is 0.226 e. The zero-order valence-corrected chi connectivity index (χ0v) is 17.4. The van der Waals surface area contributed by atoms with Crippen LogP contribution < -0.4 is 27.2 Å². The number of primary amides is 1. The van der Waals surface area contributed by atoms with E-state index < -0.39 is 5.41 Å². The Balaban J connectivity index is 0.00000101. The number of para-hydroxylation sites is 1. The molecule has 1 saturated heterocycles. The summed E-state index contributed by atoms with van der Waals surface area (Å²) in [5.74, 6) is 6.60. The second-order valence-electron chi connectivity index (χ2n) is 7.11. The van der Waals surface area contributed by atoms with E-state index in [-0.39, 0.29) is 12.3 Å². The van der Waals surface area contributed by atoms with Crippen LogP contribution in [0.2, 0.25) is 0 Å². The monoisotopic (exact) mass is 409 g/mol. The highest BCUT2D eigenvalue weighted by molar-refractivity contribution is 5.84. The Morgan fingerprint density at radius 1 is 1.10 bits per heavy atom. The van der Waals surface area contributed by atoms with Gasteiger partial charge in [-0.05, 0) is 50.0 Å². The molecule has 3 rings (SSSR count). The predicted octanol–water partition coefficient (Wildman–Crippen LogP) is 2.02. The minimum Gasteiger partial charge on any atom is -0.372 e. The number of hydrazine groups is 1. The van der Waals surface area contributed by atoms with Crippen LogP contribution in [-0.4, -0.2) is 32.5 Å². The van der Waals surface area contributed by atoms with E-state index in [1.54, 1.807) is 12.1 Å². The molecule has 0 unspecified atom stereocenters. The number of carbonyl (C=O) groups is 2. The van der Waals surface area contributed by atoms with Crippen molar-refractivity contribution in [1.82, 2.24) is 10.6 Å². The Morgan fingerprint density at radius 3 is 2.17 bits per heavy atom. The molecule has 0 spiro atoms. The Hall–Kier alpha value is -3.16. The van der Waals surface area contributed by atoms with Gasteiger partial charge in [0, 0.05) is 7.05 Å². The molecule has 30 heavy (non-hydrogen) atoms. The lowest BCUT2D eigenvalue weighted by atomic mass is 9.75. The number of nitrogens with one attached hydrogen (secondary N) is 2. The highest BCUT2D eigenvalue weighted by Crippen LogP contribution is 2.35. The number of amides is 2. The van der Waals surface area contributed by atoms with Gasteiger partial charge >= 0.3 is 0 Å². The quantitative estimate of drug-likeness (QED) is 0.331. The summed E-state index contributed by atoms with van der Waals surface area (Å²) in [6.07, 6.45) is 4.66. The number of nitrogens with zero attached hydrogens (tertiary/aromatic N) is 1. The van der Waals surface area contributed by atoms with Gasteiger partial charge in [0.05, 0.1) is 16.8 Å². The lowest BCUT2D eigenvalue weighted by Crippen LogP contribution is -2.46. The van der Waals surface area contributed by atoms with Crippen molar-refractivity contribution >= 4 is 23.7 Å².